The SMILES string of the molecule is CNC(=O)c1c(-c2ccc(C)cc2)oc2nc(CN(CCCC3(OC(=O)O)CCN(C(=O)OC(C)(C)C)CC3)[SH](=O)=O)c(C3CC3)cc12. The van der Waals surface area contributed by atoms with E-state index in [0.717, 1.165) is 29.5 Å². The van der Waals surface area contributed by atoms with Crippen molar-refractivity contribution in [3.05, 3.63) is 52.7 Å². The van der Waals surface area contributed by atoms with Crippen LogP contribution in [0.15, 0.2) is 34.7 Å². The van der Waals surface area contributed by atoms with Gasteiger partial charge >= 0.3 is 12.2 Å². The molecule has 1 aliphatic carbocycles. The van der Waals surface area contributed by atoms with Crippen molar-refractivity contribution in [1.29, 1.82) is 0 Å². The number of nitrogens with zero attached hydrogens (tertiary/aromatic N) is 3. The normalized spacial score (nSPS) is 16.4. The molecule has 2 amide bonds. The summed E-state index contributed by atoms with van der Waals surface area (Å²) < 4.78 is 43.3. The van der Waals surface area contributed by atoms with E-state index in [9.17, 15) is 27.9 Å². The first kappa shape index (κ1) is 35.1. The highest BCUT2D eigenvalue weighted by Gasteiger charge is 2.40. The van der Waals surface area contributed by atoms with Gasteiger partial charge in [0.15, 0.2) is 0 Å². The number of piperidine rings is 1. The maximum Gasteiger partial charge on any atom is 0.506 e. The molecule has 0 radical (unpaired) electrons. The fourth-order valence-corrected chi connectivity index (χ4v) is 6.75. The summed E-state index contributed by atoms with van der Waals surface area (Å²) in [7, 11) is -1.46. The first-order valence-corrected chi connectivity index (χ1v) is 17.4. The quantitative estimate of drug-likeness (QED) is 0.170. The van der Waals surface area contributed by atoms with Crippen LogP contribution in [0.4, 0.5) is 9.59 Å². The number of thiol groups is 1. The highest BCUT2D eigenvalue weighted by molar-refractivity contribution is 7.69. The fourth-order valence-electron chi connectivity index (χ4n) is 6.19. The van der Waals surface area contributed by atoms with Gasteiger partial charge in [-0.05, 0) is 70.9 Å². The lowest BCUT2D eigenvalue weighted by atomic mass is 9.86. The van der Waals surface area contributed by atoms with E-state index in [1.54, 1.807) is 27.8 Å². The van der Waals surface area contributed by atoms with Crippen molar-refractivity contribution >= 4 is 40.1 Å². The average Bonchev–Trinajstić information content (AvgIpc) is 3.79. The summed E-state index contributed by atoms with van der Waals surface area (Å²) in [6.07, 6.45) is 1.09. The van der Waals surface area contributed by atoms with Crippen molar-refractivity contribution in [3.8, 4) is 11.3 Å². The Morgan fingerprint density at radius 1 is 1.15 bits per heavy atom. The second-order valence-electron chi connectivity index (χ2n) is 13.7. The molecule has 3 aromatic rings. The standard InChI is InChI=1S/C34H44N4O9S/c1-21-7-9-23(10-8-21)28-27(29(39)35-5)25-19-24(22-11-12-22)26(36-30(25)45-28)20-38(48(43)44)16-6-13-34(47-32(41)42)14-17-37(18-15-34)31(40)46-33(2,3)4/h7-10,19,22,48H,6,11-18,20H2,1-5H3,(H,35,39)(H,41,42). The van der Waals surface area contributed by atoms with Gasteiger partial charge < -0.3 is 29.2 Å². The van der Waals surface area contributed by atoms with Crippen molar-refractivity contribution in [3.63, 3.8) is 0 Å². The summed E-state index contributed by atoms with van der Waals surface area (Å²) in [6, 6.07) is 9.54. The van der Waals surface area contributed by atoms with Gasteiger partial charge in [0.1, 0.15) is 17.0 Å². The molecule has 1 saturated carbocycles. The predicted molar refractivity (Wildman–Crippen MR) is 178 cm³/mol. The minimum absolute atomic E-state index is 0.00441. The first-order valence-electron chi connectivity index (χ1n) is 16.2. The molecule has 0 atom stereocenters. The maximum absolute atomic E-state index is 13.1. The number of amides is 2. The van der Waals surface area contributed by atoms with Crippen molar-refractivity contribution in [1.82, 2.24) is 19.5 Å². The topological polar surface area (TPSA) is 169 Å². The van der Waals surface area contributed by atoms with Gasteiger partial charge in [-0.25, -0.2) is 23.0 Å². The molecule has 13 nitrogen and oxygen atoms in total. The van der Waals surface area contributed by atoms with Crippen LogP contribution in [0, 0.1) is 6.92 Å². The number of furan rings is 1. The van der Waals surface area contributed by atoms with E-state index in [0.29, 0.717) is 28.8 Å². The number of carbonyl (C=O) groups is 3. The summed E-state index contributed by atoms with van der Waals surface area (Å²) >= 11 is 0. The highest BCUT2D eigenvalue weighted by atomic mass is 32.2. The monoisotopic (exact) mass is 684 g/mol. The lowest BCUT2D eigenvalue weighted by Crippen LogP contribution is -2.50. The molecule has 0 unspecified atom stereocenters. The Morgan fingerprint density at radius 2 is 1.81 bits per heavy atom. The number of ether oxygens (including phenoxy) is 2. The third-order valence-electron chi connectivity index (χ3n) is 8.82. The van der Waals surface area contributed by atoms with Crippen molar-refractivity contribution < 1.29 is 41.8 Å². The number of rotatable bonds is 11. The summed E-state index contributed by atoms with van der Waals surface area (Å²) in [4.78, 5) is 43.6. The molecule has 48 heavy (non-hydrogen) atoms. The number of likely N-dealkylation sites (tertiary alicyclic amines) is 1. The Hall–Kier alpha value is -4.17. The van der Waals surface area contributed by atoms with E-state index in [-0.39, 0.29) is 63.0 Å². The smallest absolute Gasteiger partial charge is 0.450 e. The lowest BCUT2D eigenvalue weighted by molar-refractivity contribution is -0.0643. The lowest BCUT2D eigenvalue weighted by Gasteiger charge is -2.40. The van der Waals surface area contributed by atoms with Gasteiger partial charge in [-0.3, -0.25) is 4.79 Å². The van der Waals surface area contributed by atoms with E-state index in [1.807, 2.05) is 37.3 Å². The van der Waals surface area contributed by atoms with Gasteiger partial charge in [0.25, 0.3) is 5.91 Å². The largest absolute Gasteiger partial charge is 0.506 e. The van der Waals surface area contributed by atoms with E-state index in [4.69, 9.17) is 18.9 Å². The summed E-state index contributed by atoms with van der Waals surface area (Å²) in [5.41, 5.74) is 2.13. The zero-order chi connectivity index (χ0) is 34.8. The summed E-state index contributed by atoms with van der Waals surface area (Å²) in [5, 5.41) is 12.8. The van der Waals surface area contributed by atoms with Crippen LogP contribution in [-0.4, -0.2) is 83.8 Å². The van der Waals surface area contributed by atoms with Crippen LogP contribution >= 0.6 is 0 Å². The number of nitrogens with one attached hydrogen (secondary N) is 1. The second kappa shape index (κ2) is 14.1. The molecular weight excluding hydrogens is 640 g/mol. The minimum atomic E-state index is -3.01. The molecule has 2 N–H and O–H groups in total. The van der Waals surface area contributed by atoms with Crippen LogP contribution in [0.1, 0.15) is 92.4 Å². The first-order chi connectivity index (χ1) is 22.7. The van der Waals surface area contributed by atoms with Crippen molar-refractivity contribution in [2.24, 2.45) is 0 Å². The molecule has 2 aromatic heterocycles. The van der Waals surface area contributed by atoms with Crippen LogP contribution < -0.4 is 5.32 Å². The van der Waals surface area contributed by atoms with Crippen LogP contribution in [0.5, 0.6) is 0 Å². The number of pyridine rings is 1. The molecule has 3 heterocycles. The van der Waals surface area contributed by atoms with Crippen LogP contribution in [0.2, 0.25) is 0 Å². The zero-order valence-corrected chi connectivity index (χ0v) is 28.9. The third kappa shape index (κ3) is 8.27. The molecule has 1 saturated heterocycles. The van der Waals surface area contributed by atoms with Crippen LogP contribution in [-0.2, 0) is 26.9 Å². The number of hydrogen-bond donors (Lipinski definition) is 3. The van der Waals surface area contributed by atoms with Crippen LogP contribution in [0.3, 0.4) is 0 Å². The van der Waals surface area contributed by atoms with Gasteiger partial charge in [-0.2, -0.15) is 4.31 Å². The zero-order valence-electron chi connectivity index (χ0n) is 28.0. The van der Waals surface area contributed by atoms with Gasteiger partial charge in [0, 0.05) is 45.1 Å². The molecular formula is C34H44N4O9S. The van der Waals surface area contributed by atoms with E-state index >= 15 is 0 Å². The minimum Gasteiger partial charge on any atom is -0.450 e. The number of benzene rings is 1. The number of carboxylic acid groups (broad SMARTS) is 1. The fraction of sp³-hybridized carbons (Fsp3) is 0.529. The molecule has 5 rings (SSSR count). The Kier molecular flexibility index (Phi) is 10.3. The van der Waals surface area contributed by atoms with Crippen molar-refractivity contribution in [2.75, 3.05) is 26.7 Å². The number of aryl methyl sites for hydroxylation is 1. The number of hydrogen-bond acceptors (Lipinski definition) is 9. The average molecular weight is 685 g/mol. The molecule has 2 aliphatic rings. The Labute approximate surface area is 281 Å². The van der Waals surface area contributed by atoms with Gasteiger partial charge in [-0.1, -0.05) is 29.8 Å². The van der Waals surface area contributed by atoms with Crippen molar-refractivity contribution in [2.45, 2.75) is 89.9 Å². The van der Waals surface area contributed by atoms with E-state index < -0.39 is 34.3 Å². The van der Waals surface area contributed by atoms with Crippen LogP contribution in [0.25, 0.3) is 22.4 Å². The Balaban J connectivity index is 1.35. The molecule has 0 spiro atoms. The number of carbonyl (C=O) groups excluding carboxylic acids is 2. The number of fused-ring (bicyclic) bond motifs is 1. The second-order valence-corrected chi connectivity index (χ2v) is 14.7. The van der Waals surface area contributed by atoms with Gasteiger partial charge in [-0.15, -0.1) is 0 Å². The third-order valence-corrected chi connectivity index (χ3v) is 9.63. The molecule has 1 aromatic carbocycles. The Bertz CT molecular complexity index is 1740. The molecule has 14 heteroatoms. The molecule has 0 bridgehead atoms. The Morgan fingerprint density at radius 3 is 2.38 bits per heavy atom. The molecule has 2 fully saturated rings. The predicted octanol–water partition coefficient (Wildman–Crippen LogP) is 5.61. The maximum atomic E-state index is 13.1. The highest BCUT2D eigenvalue weighted by Crippen LogP contribution is 2.44. The van der Waals surface area contributed by atoms with E-state index in [2.05, 4.69) is 5.32 Å². The summed E-state index contributed by atoms with van der Waals surface area (Å²) in [5.74, 6) is 0.282. The summed E-state index contributed by atoms with van der Waals surface area (Å²) in [6.45, 7) is 7.91. The molecule has 1 aliphatic heterocycles. The van der Waals surface area contributed by atoms with Gasteiger partial charge in [0.05, 0.1) is 23.2 Å². The molecule has 260 valence electrons. The number of aromatic nitrogens is 1. The van der Waals surface area contributed by atoms with E-state index in [1.165, 1.54) is 9.21 Å². The van der Waals surface area contributed by atoms with Gasteiger partial charge in [0.2, 0.25) is 16.6 Å².